The summed E-state index contributed by atoms with van der Waals surface area (Å²) in [6.45, 7) is 0. The van der Waals surface area contributed by atoms with E-state index in [0.29, 0.717) is 23.0 Å². The molecule has 2 N–H and O–H groups in total. The van der Waals surface area contributed by atoms with Crippen LogP contribution < -0.4 is 5.73 Å². The quantitative estimate of drug-likeness (QED) is 0.754. The summed E-state index contributed by atoms with van der Waals surface area (Å²) in [4.78, 5) is 12.0. The Labute approximate surface area is 107 Å². The maximum Gasteiger partial charge on any atom is 0.259 e. The molecule has 6 nitrogen and oxygen atoms in total. The predicted molar refractivity (Wildman–Crippen MR) is 65.1 cm³/mol. The molecule has 0 saturated carbocycles. The van der Waals surface area contributed by atoms with Gasteiger partial charge in [-0.15, -0.1) is 0 Å². The second kappa shape index (κ2) is 4.45. The SMILES string of the molecule is Nc1ccc(-c2nc(-c3ccc(F)cn3)no2)cn1. The van der Waals surface area contributed by atoms with E-state index in [1.54, 1.807) is 12.1 Å². The van der Waals surface area contributed by atoms with E-state index >= 15 is 0 Å². The molecule has 0 spiro atoms. The molecular formula is C12H8FN5O. The molecule has 0 aliphatic carbocycles. The lowest BCUT2D eigenvalue weighted by Gasteiger charge is -1.94. The van der Waals surface area contributed by atoms with Crippen molar-refractivity contribution in [3.63, 3.8) is 0 Å². The highest BCUT2D eigenvalue weighted by Gasteiger charge is 2.11. The van der Waals surface area contributed by atoms with Gasteiger partial charge in [-0.1, -0.05) is 5.16 Å². The Balaban J connectivity index is 1.95. The number of halogens is 1. The first-order chi connectivity index (χ1) is 9.22. The molecule has 3 aromatic rings. The minimum atomic E-state index is -0.421. The van der Waals surface area contributed by atoms with E-state index in [2.05, 4.69) is 20.1 Å². The van der Waals surface area contributed by atoms with Crippen LogP contribution in [0, 0.1) is 5.82 Å². The first kappa shape index (κ1) is 11.3. The highest BCUT2D eigenvalue weighted by molar-refractivity contribution is 5.57. The summed E-state index contributed by atoms with van der Waals surface area (Å²) in [5.41, 5.74) is 6.57. The summed E-state index contributed by atoms with van der Waals surface area (Å²) in [7, 11) is 0. The Morgan fingerprint density at radius 1 is 1.05 bits per heavy atom. The lowest BCUT2D eigenvalue weighted by molar-refractivity contribution is 0.432. The molecular weight excluding hydrogens is 249 g/mol. The third-order valence-corrected chi connectivity index (χ3v) is 2.42. The number of hydrogen-bond acceptors (Lipinski definition) is 6. The number of nitrogens with zero attached hydrogens (tertiary/aromatic N) is 4. The Kier molecular flexibility index (Phi) is 2.64. The molecule has 0 amide bonds. The smallest absolute Gasteiger partial charge is 0.259 e. The molecule has 0 aromatic carbocycles. The summed E-state index contributed by atoms with van der Waals surface area (Å²) >= 11 is 0. The molecule has 94 valence electrons. The minimum Gasteiger partial charge on any atom is -0.384 e. The molecule has 0 aliphatic heterocycles. The number of rotatable bonds is 2. The summed E-state index contributed by atoms with van der Waals surface area (Å²) in [5.74, 6) is 0.569. The van der Waals surface area contributed by atoms with Crippen LogP contribution in [-0.2, 0) is 0 Å². The largest absolute Gasteiger partial charge is 0.384 e. The van der Waals surface area contributed by atoms with Crippen LogP contribution in [0.5, 0.6) is 0 Å². The zero-order valence-corrected chi connectivity index (χ0v) is 9.62. The fourth-order valence-electron chi connectivity index (χ4n) is 1.48. The second-order valence-corrected chi connectivity index (χ2v) is 3.76. The second-order valence-electron chi connectivity index (χ2n) is 3.76. The average molecular weight is 257 g/mol. The third-order valence-electron chi connectivity index (χ3n) is 2.42. The van der Waals surface area contributed by atoms with Gasteiger partial charge in [-0.3, -0.25) is 0 Å². The van der Waals surface area contributed by atoms with Crippen molar-refractivity contribution in [3.8, 4) is 23.0 Å². The topological polar surface area (TPSA) is 90.7 Å². The fraction of sp³-hybridized carbons (Fsp3) is 0. The van der Waals surface area contributed by atoms with Crippen molar-refractivity contribution in [1.82, 2.24) is 20.1 Å². The third kappa shape index (κ3) is 2.25. The molecule has 0 unspecified atom stereocenters. The van der Waals surface area contributed by atoms with Crippen LogP contribution in [0.15, 0.2) is 41.2 Å². The number of nitrogens with two attached hydrogens (primary N) is 1. The predicted octanol–water partition coefficient (Wildman–Crippen LogP) is 1.91. The lowest BCUT2D eigenvalue weighted by Crippen LogP contribution is -1.89. The number of hydrogen-bond donors (Lipinski definition) is 1. The number of pyridine rings is 2. The van der Waals surface area contributed by atoms with Crippen molar-refractivity contribution in [2.24, 2.45) is 0 Å². The van der Waals surface area contributed by atoms with Gasteiger partial charge in [0.2, 0.25) is 5.82 Å². The van der Waals surface area contributed by atoms with E-state index in [-0.39, 0.29) is 5.82 Å². The first-order valence-corrected chi connectivity index (χ1v) is 5.40. The van der Waals surface area contributed by atoms with Gasteiger partial charge in [-0.2, -0.15) is 4.98 Å². The van der Waals surface area contributed by atoms with Crippen molar-refractivity contribution in [2.45, 2.75) is 0 Å². The zero-order chi connectivity index (χ0) is 13.2. The average Bonchev–Trinajstić information content (AvgIpc) is 2.90. The van der Waals surface area contributed by atoms with E-state index in [0.717, 1.165) is 6.20 Å². The number of aromatic nitrogens is 4. The summed E-state index contributed by atoms with van der Waals surface area (Å²) < 4.78 is 17.9. The van der Waals surface area contributed by atoms with E-state index in [1.165, 1.54) is 18.3 Å². The Morgan fingerprint density at radius 3 is 2.63 bits per heavy atom. The van der Waals surface area contributed by atoms with Crippen molar-refractivity contribution in [3.05, 3.63) is 42.5 Å². The van der Waals surface area contributed by atoms with E-state index in [1.807, 2.05) is 0 Å². The molecule has 7 heteroatoms. The number of nitrogen functional groups attached to an aromatic ring is 1. The monoisotopic (exact) mass is 257 g/mol. The standard InChI is InChI=1S/C12H8FN5O/c13-8-2-3-9(15-6-8)11-17-12(19-18-11)7-1-4-10(14)16-5-7/h1-6H,(H2,14,16). The summed E-state index contributed by atoms with van der Waals surface area (Å²) in [6, 6.07) is 6.11. The molecule has 0 bridgehead atoms. The zero-order valence-electron chi connectivity index (χ0n) is 9.62. The fourth-order valence-corrected chi connectivity index (χ4v) is 1.48. The Bertz CT molecular complexity index is 633. The van der Waals surface area contributed by atoms with Gasteiger partial charge in [-0.05, 0) is 24.3 Å². The summed E-state index contributed by atoms with van der Waals surface area (Å²) in [5, 5.41) is 3.78. The van der Waals surface area contributed by atoms with Crippen molar-refractivity contribution >= 4 is 5.82 Å². The highest BCUT2D eigenvalue weighted by Crippen LogP contribution is 2.20. The molecule has 0 saturated heterocycles. The highest BCUT2D eigenvalue weighted by atomic mass is 19.1. The van der Waals surface area contributed by atoms with Crippen LogP contribution in [0.25, 0.3) is 23.0 Å². The van der Waals surface area contributed by atoms with Gasteiger partial charge in [-0.25, -0.2) is 14.4 Å². The number of anilines is 1. The molecule has 0 aliphatic rings. The van der Waals surface area contributed by atoms with Gasteiger partial charge in [0.25, 0.3) is 5.89 Å². The van der Waals surface area contributed by atoms with E-state index in [4.69, 9.17) is 10.3 Å². The molecule has 0 atom stereocenters. The van der Waals surface area contributed by atoms with Crippen LogP contribution >= 0.6 is 0 Å². The van der Waals surface area contributed by atoms with Crippen LogP contribution in [0.2, 0.25) is 0 Å². The summed E-state index contributed by atoms with van der Waals surface area (Å²) in [6.07, 6.45) is 2.63. The Morgan fingerprint density at radius 2 is 1.95 bits per heavy atom. The van der Waals surface area contributed by atoms with Gasteiger partial charge in [0.05, 0.1) is 11.8 Å². The van der Waals surface area contributed by atoms with Crippen molar-refractivity contribution in [1.29, 1.82) is 0 Å². The molecule has 0 fully saturated rings. The maximum atomic E-state index is 12.8. The van der Waals surface area contributed by atoms with Gasteiger partial charge < -0.3 is 10.3 Å². The van der Waals surface area contributed by atoms with Crippen molar-refractivity contribution in [2.75, 3.05) is 5.73 Å². The lowest BCUT2D eigenvalue weighted by atomic mass is 10.3. The molecule has 19 heavy (non-hydrogen) atoms. The molecule has 0 radical (unpaired) electrons. The first-order valence-electron chi connectivity index (χ1n) is 5.40. The van der Waals surface area contributed by atoms with Gasteiger partial charge in [0.15, 0.2) is 0 Å². The molecule has 3 heterocycles. The van der Waals surface area contributed by atoms with Crippen LogP contribution in [-0.4, -0.2) is 20.1 Å². The Hall–Kier alpha value is -2.83. The van der Waals surface area contributed by atoms with E-state index in [9.17, 15) is 4.39 Å². The molecule has 3 aromatic heterocycles. The van der Waals surface area contributed by atoms with Gasteiger partial charge >= 0.3 is 0 Å². The van der Waals surface area contributed by atoms with Gasteiger partial charge in [0.1, 0.15) is 17.3 Å². The minimum absolute atomic E-state index is 0.284. The molecule has 3 rings (SSSR count). The van der Waals surface area contributed by atoms with Crippen LogP contribution in [0.1, 0.15) is 0 Å². The van der Waals surface area contributed by atoms with Crippen LogP contribution in [0.4, 0.5) is 10.2 Å². The maximum absolute atomic E-state index is 12.8. The van der Waals surface area contributed by atoms with Crippen LogP contribution in [0.3, 0.4) is 0 Å². The normalized spacial score (nSPS) is 10.6. The van der Waals surface area contributed by atoms with Crippen molar-refractivity contribution < 1.29 is 8.91 Å². The van der Waals surface area contributed by atoms with Gasteiger partial charge in [0, 0.05) is 6.20 Å². The van der Waals surface area contributed by atoms with E-state index < -0.39 is 5.82 Å².